The highest BCUT2D eigenvalue weighted by molar-refractivity contribution is 7.98. The molecule has 5 rings (SSSR count). The van der Waals surface area contributed by atoms with Crippen LogP contribution < -0.4 is 9.80 Å². The maximum absolute atomic E-state index is 14.3. The van der Waals surface area contributed by atoms with Gasteiger partial charge >= 0.3 is 6.09 Å². The van der Waals surface area contributed by atoms with Gasteiger partial charge in [-0.05, 0) is 30.2 Å². The van der Waals surface area contributed by atoms with Crippen LogP contribution in [0.25, 0.3) is 10.8 Å². The van der Waals surface area contributed by atoms with Crippen LogP contribution in [0, 0.1) is 17.1 Å². The Balaban J connectivity index is 1.50. The predicted molar refractivity (Wildman–Crippen MR) is 138 cm³/mol. The van der Waals surface area contributed by atoms with E-state index in [9.17, 15) is 19.6 Å². The smallest absolute Gasteiger partial charge is 0.407 e. The molecule has 1 amide bonds. The summed E-state index contributed by atoms with van der Waals surface area (Å²) in [4.78, 5) is 26.9. The number of aromatic nitrogens is 2. The summed E-state index contributed by atoms with van der Waals surface area (Å²) >= 11 is 7.84. The van der Waals surface area contributed by atoms with Crippen molar-refractivity contribution < 1.29 is 14.3 Å². The van der Waals surface area contributed by atoms with Crippen LogP contribution >= 0.6 is 23.4 Å². The first-order valence-electron chi connectivity index (χ1n) is 11.6. The van der Waals surface area contributed by atoms with Gasteiger partial charge in [0.2, 0.25) is 0 Å². The number of rotatable bonds is 4. The van der Waals surface area contributed by atoms with Crippen LogP contribution in [-0.4, -0.2) is 64.5 Å². The molecule has 2 aliphatic rings. The summed E-state index contributed by atoms with van der Waals surface area (Å²) in [5, 5.41) is 21.1. The van der Waals surface area contributed by atoms with E-state index in [0.717, 1.165) is 28.1 Å². The number of amides is 1. The summed E-state index contributed by atoms with van der Waals surface area (Å²) < 4.78 is 14.3. The third-order valence-corrected chi connectivity index (χ3v) is 7.73. The molecule has 2 aliphatic heterocycles. The maximum Gasteiger partial charge on any atom is 0.407 e. The van der Waals surface area contributed by atoms with Gasteiger partial charge in [0.05, 0.1) is 35.8 Å². The molecule has 186 valence electrons. The van der Waals surface area contributed by atoms with Gasteiger partial charge < -0.3 is 19.8 Å². The molecule has 2 aromatic carbocycles. The van der Waals surface area contributed by atoms with E-state index in [-0.39, 0.29) is 11.4 Å². The highest BCUT2D eigenvalue weighted by Gasteiger charge is 2.33. The maximum atomic E-state index is 14.3. The second-order valence-electron chi connectivity index (χ2n) is 8.81. The molecule has 0 aliphatic carbocycles. The van der Waals surface area contributed by atoms with Gasteiger partial charge in [0, 0.05) is 42.8 Å². The number of hydrogen-bond donors (Lipinski definition) is 1. The molecule has 1 atom stereocenters. The number of nitriles is 1. The lowest BCUT2D eigenvalue weighted by Gasteiger charge is -2.41. The molecule has 36 heavy (non-hydrogen) atoms. The fraction of sp³-hybridized carbons (Fsp3) is 0.360. The molecule has 1 aromatic heterocycles. The number of anilines is 2. The molecule has 1 N–H and O–H groups in total. The molecule has 0 spiro atoms. The third-order valence-electron chi connectivity index (χ3n) is 6.81. The molecule has 3 heterocycles. The molecule has 0 saturated carbocycles. The van der Waals surface area contributed by atoms with Gasteiger partial charge in [-0.2, -0.15) is 5.26 Å². The van der Waals surface area contributed by atoms with Gasteiger partial charge in [0.1, 0.15) is 11.6 Å². The average Bonchev–Trinajstić information content (AvgIpc) is 2.89. The van der Waals surface area contributed by atoms with Crippen LogP contribution in [0.5, 0.6) is 0 Å². The fourth-order valence-electron chi connectivity index (χ4n) is 5.08. The number of hydrogen-bond acceptors (Lipinski definition) is 7. The van der Waals surface area contributed by atoms with E-state index in [4.69, 9.17) is 21.6 Å². The Morgan fingerprint density at radius 2 is 2.08 bits per heavy atom. The van der Waals surface area contributed by atoms with Crippen molar-refractivity contribution in [1.29, 1.82) is 5.26 Å². The van der Waals surface area contributed by atoms with Gasteiger partial charge in [0.25, 0.3) is 0 Å². The normalized spacial score (nSPS) is 17.7. The molecular formula is C25H24ClFN6O2S. The molecule has 1 saturated heterocycles. The largest absolute Gasteiger partial charge is 0.465 e. The minimum atomic E-state index is -1.01. The molecule has 8 nitrogen and oxygen atoms in total. The summed E-state index contributed by atoms with van der Waals surface area (Å²) in [5.74, 6) is 0.356. The Labute approximate surface area is 217 Å². The minimum absolute atomic E-state index is 0.113. The zero-order chi connectivity index (χ0) is 25.4. The molecule has 0 radical (unpaired) electrons. The summed E-state index contributed by atoms with van der Waals surface area (Å²) in [5.41, 5.74) is 2.77. The van der Waals surface area contributed by atoms with Crippen LogP contribution in [0.1, 0.15) is 17.7 Å². The first-order chi connectivity index (χ1) is 17.4. The van der Waals surface area contributed by atoms with Crippen molar-refractivity contribution in [2.75, 3.05) is 42.2 Å². The van der Waals surface area contributed by atoms with Gasteiger partial charge in [-0.1, -0.05) is 41.6 Å². The monoisotopic (exact) mass is 526 g/mol. The lowest BCUT2D eigenvalue weighted by Crippen LogP contribution is -2.55. The standard InChI is InChI=1S/C25H24ClFN6O2S/c1-36-24-29-19-14-31(20-4-2-3-15-5-6-18(27)22(26)21(15)20)10-8-17(19)23(30-24)32-11-12-33(25(34)35)16(13-32)7-9-28/h2-6,16H,7-8,10-14H2,1H3,(H,34,35)/t16-/m0/s1. The summed E-state index contributed by atoms with van der Waals surface area (Å²) in [6, 6.07) is 10.6. The second kappa shape index (κ2) is 9.99. The highest BCUT2D eigenvalue weighted by atomic mass is 35.5. The molecule has 11 heteroatoms. The van der Waals surface area contributed by atoms with Crippen LogP contribution in [0.4, 0.5) is 20.7 Å². The number of fused-ring (bicyclic) bond motifs is 2. The number of nitrogens with zero attached hydrogens (tertiary/aromatic N) is 6. The Bertz CT molecular complexity index is 1380. The Kier molecular flexibility index (Phi) is 6.77. The lowest BCUT2D eigenvalue weighted by atomic mass is 10.0. The number of carbonyl (C=O) groups is 1. The Morgan fingerprint density at radius 3 is 2.83 bits per heavy atom. The van der Waals surface area contributed by atoms with Crippen molar-refractivity contribution in [3.05, 3.63) is 52.4 Å². The van der Waals surface area contributed by atoms with Crippen molar-refractivity contribution in [2.24, 2.45) is 0 Å². The van der Waals surface area contributed by atoms with Gasteiger partial charge in [-0.15, -0.1) is 0 Å². The van der Waals surface area contributed by atoms with Crippen LogP contribution in [0.15, 0.2) is 35.5 Å². The number of piperazine rings is 1. The van der Waals surface area contributed by atoms with Crippen LogP contribution in [0.2, 0.25) is 5.02 Å². The van der Waals surface area contributed by atoms with Crippen molar-refractivity contribution >= 4 is 51.7 Å². The lowest BCUT2D eigenvalue weighted by molar-refractivity contribution is 0.119. The Morgan fingerprint density at radius 1 is 1.25 bits per heavy atom. The molecule has 1 fully saturated rings. The average molecular weight is 527 g/mol. The quantitative estimate of drug-likeness (QED) is 0.383. The summed E-state index contributed by atoms with van der Waals surface area (Å²) in [6.45, 7) is 2.39. The molecular weight excluding hydrogens is 503 g/mol. The van der Waals surface area contributed by atoms with Crippen molar-refractivity contribution in [2.45, 2.75) is 30.6 Å². The van der Waals surface area contributed by atoms with Gasteiger partial charge in [0.15, 0.2) is 5.16 Å². The zero-order valence-electron chi connectivity index (χ0n) is 19.6. The van der Waals surface area contributed by atoms with Gasteiger partial charge in [-0.25, -0.2) is 19.2 Å². The topological polar surface area (TPSA) is 96.6 Å². The minimum Gasteiger partial charge on any atom is -0.465 e. The van der Waals surface area contributed by atoms with Crippen LogP contribution in [0.3, 0.4) is 0 Å². The third kappa shape index (κ3) is 4.38. The van der Waals surface area contributed by atoms with E-state index in [1.807, 2.05) is 24.5 Å². The molecule has 0 bridgehead atoms. The van der Waals surface area contributed by atoms with Crippen molar-refractivity contribution in [3.8, 4) is 6.07 Å². The fourth-order valence-corrected chi connectivity index (χ4v) is 5.73. The number of halogens is 2. The molecule has 3 aromatic rings. The summed E-state index contributed by atoms with van der Waals surface area (Å²) in [6.07, 6.45) is 1.70. The molecule has 0 unspecified atom stereocenters. The number of carboxylic acid groups (broad SMARTS) is 1. The Hall–Kier alpha value is -3.29. The van der Waals surface area contributed by atoms with E-state index in [2.05, 4.69) is 15.9 Å². The first-order valence-corrected chi connectivity index (χ1v) is 13.2. The van der Waals surface area contributed by atoms with Crippen molar-refractivity contribution in [1.82, 2.24) is 14.9 Å². The van der Waals surface area contributed by atoms with Gasteiger partial charge in [-0.3, -0.25) is 0 Å². The van der Waals surface area contributed by atoms with E-state index < -0.39 is 18.0 Å². The van der Waals surface area contributed by atoms with Crippen molar-refractivity contribution in [3.63, 3.8) is 0 Å². The van der Waals surface area contributed by atoms with Crippen LogP contribution in [-0.2, 0) is 13.0 Å². The second-order valence-corrected chi connectivity index (χ2v) is 9.96. The first kappa shape index (κ1) is 24.4. The predicted octanol–water partition coefficient (Wildman–Crippen LogP) is 4.79. The zero-order valence-corrected chi connectivity index (χ0v) is 21.2. The van der Waals surface area contributed by atoms with E-state index in [1.54, 1.807) is 6.07 Å². The summed E-state index contributed by atoms with van der Waals surface area (Å²) in [7, 11) is 0. The SMILES string of the molecule is CSc1nc2c(c(N3CCN(C(=O)O)[C@@H](CC#N)C3)n1)CCN(c1cccc3ccc(F)c(Cl)c13)C2. The number of benzene rings is 2. The number of thioether (sulfide) groups is 1. The van der Waals surface area contributed by atoms with E-state index >= 15 is 0 Å². The highest BCUT2D eigenvalue weighted by Crippen LogP contribution is 2.38. The van der Waals surface area contributed by atoms with E-state index in [1.165, 1.54) is 22.7 Å². The van der Waals surface area contributed by atoms with E-state index in [0.29, 0.717) is 49.7 Å².